The van der Waals surface area contributed by atoms with Gasteiger partial charge in [0.05, 0.1) is 0 Å². The third-order valence-corrected chi connectivity index (χ3v) is 3.96. The number of aromatic nitrogens is 1. The molecule has 2 nitrogen and oxygen atoms in total. The highest BCUT2D eigenvalue weighted by molar-refractivity contribution is 9.10. The molecule has 0 amide bonds. The molecule has 0 fully saturated rings. The number of rotatable bonds is 5. The first-order valence-electron chi connectivity index (χ1n) is 6.83. The van der Waals surface area contributed by atoms with E-state index in [-0.39, 0.29) is 12.4 Å². The second-order valence-corrected chi connectivity index (χ2v) is 5.83. The Morgan fingerprint density at radius 2 is 1.90 bits per heavy atom. The second-order valence-electron chi connectivity index (χ2n) is 4.92. The molecule has 0 unspecified atom stereocenters. The zero-order valence-electron chi connectivity index (χ0n) is 11.6. The third kappa shape index (κ3) is 4.10. The highest BCUT2D eigenvalue weighted by Crippen LogP contribution is 2.17. The van der Waals surface area contributed by atoms with Crippen LogP contribution in [0.4, 0.5) is 0 Å². The van der Waals surface area contributed by atoms with E-state index in [4.69, 9.17) is 0 Å². The molecule has 0 aliphatic heterocycles. The molecule has 0 aliphatic carbocycles. The van der Waals surface area contributed by atoms with Gasteiger partial charge in [0, 0.05) is 28.1 Å². The molecule has 1 heterocycles. The normalized spacial score (nSPS) is 10.5. The second kappa shape index (κ2) is 7.64. The van der Waals surface area contributed by atoms with Crippen molar-refractivity contribution in [1.82, 2.24) is 10.3 Å². The molecule has 2 aromatic carbocycles. The number of H-pyrrole nitrogens is 1. The molecule has 1 aromatic heterocycles. The smallest absolute Gasteiger partial charge is 0.0456 e. The minimum atomic E-state index is 0. The summed E-state index contributed by atoms with van der Waals surface area (Å²) in [5.74, 6) is 0. The fourth-order valence-corrected chi connectivity index (χ4v) is 2.89. The maximum absolute atomic E-state index is 3.50. The summed E-state index contributed by atoms with van der Waals surface area (Å²) in [5.41, 5.74) is 3.90. The number of hydrogen-bond donors (Lipinski definition) is 2. The average molecular weight is 366 g/mol. The van der Waals surface area contributed by atoms with Gasteiger partial charge in [-0.05, 0) is 42.3 Å². The zero-order valence-corrected chi connectivity index (χ0v) is 14.0. The fraction of sp³-hybridized carbons (Fsp3) is 0.176. The average Bonchev–Trinajstić information content (AvgIpc) is 2.87. The quantitative estimate of drug-likeness (QED) is 0.631. The molecule has 2 N–H and O–H groups in total. The van der Waals surface area contributed by atoms with E-state index in [1.807, 2.05) is 0 Å². The summed E-state index contributed by atoms with van der Waals surface area (Å²) < 4.78 is 1.13. The van der Waals surface area contributed by atoms with Gasteiger partial charge >= 0.3 is 0 Å². The van der Waals surface area contributed by atoms with Gasteiger partial charge in [0.25, 0.3) is 0 Å². The molecule has 0 atom stereocenters. The van der Waals surface area contributed by atoms with Gasteiger partial charge in [-0.3, -0.25) is 0 Å². The topological polar surface area (TPSA) is 27.8 Å². The standard InChI is InChI=1S/C17H17BrN2.ClH/c18-15-5-3-4-13(10-15)11-19-9-8-14-12-20-17-7-2-1-6-16(14)17;/h1-7,10,12,19-20H,8-9,11H2;1H. The molecule has 0 saturated carbocycles. The van der Waals surface area contributed by atoms with E-state index in [1.165, 1.54) is 22.0 Å². The molecule has 3 aromatic rings. The highest BCUT2D eigenvalue weighted by atomic mass is 79.9. The van der Waals surface area contributed by atoms with Crippen LogP contribution in [0.1, 0.15) is 11.1 Å². The molecule has 0 saturated heterocycles. The van der Waals surface area contributed by atoms with Gasteiger partial charge in [0.1, 0.15) is 0 Å². The van der Waals surface area contributed by atoms with Crippen molar-refractivity contribution in [3.05, 3.63) is 70.3 Å². The van der Waals surface area contributed by atoms with Crippen molar-refractivity contribution in [2.75, 3.05) is 6.54 Å². The van der Waals surface area contributed by atoms with E-state index in [0.717, 1.165) is 24.0 Å². The molecule has 110 valence electrons. The summed E-state index contributed by atoms with van der Waals surface area (Å²) >= 11 is 3.50. The lowest BCUT2D eigenvalue weighted by atomic mass is 10.1. The van der Waals surface area contributed by atoms with Crippen LogP contribution in [0.15, 0.2) is 59.2 Å². The van der Waals surface area contributed by atoms with E-state index in [2.05, 4.69) is 81.0 Å². The summed E-state index contributed by atoms with van der Waals surface area (Å²) in [7, 11) is 0. The summed E-state index contributed by atoms with van der Waals surface area (Å²) in [5, 5.41) is 4.83. The largest absolute Gasteiger partial charge is 0.361 e. The predicted molar refractivity (Wildman–Crippen MR) is 95.1 cm³/mol. The zero-order chi connectivity index (χ0) is 13.8. The lowest BCUT2D eigenvalue weighted by molar-refractivity contribution is 0.688. The molecular weight excluding hydrogens is 348 g/mol. The first-order valence-corrected chi connectivity index (χ1v) is 7.62. The lowest BCUT2D eigenvalue weighted by Gasteiger charge is -2.05. The van der Waals surface area contributed by atoms with Gasteiger partial charge in [-0.2, -0.15) is 0 Å². The van der Waals surface area contributed by atoms with Crippen LogP contribution in [-0.4, -0.2) is 11.5 Å². The van der Waals surface area contributed by atoms with Crippen molar-refractivity contribution in [3.63, 3.8) is 0 Å². The molecule has 4 heteroatoms. The Morgan fingerprint density at radius 3 is 2.76 bits per heavy atom. The van der Waals surface area contributed by atoms with Crippen LogP contribution in [0.3, 0.4) is 0 Å². The van der Waals surface area contributed by atoms with Crippen molar-refractivity contribution in [1.29, 1.82) is 0 Å². The molecule has 3 rings (SSSR count). The Hall–Kier alpha value is -1.29. The number of benzene rings is 2. The maximum Gasteiger partial charge on any atom is 0.0456 e. The Labute approximate surface area is 139 Å². The number of para-hydroxylation sites is 1. The van der Waals surface area contributed by atoms with E-state index in [0.29, 0.717) is 0 Å². The molecule has 0 spiro atoms. The Bertz CT molecular complexity index is 709. The summed E-state index contributed by atoms with van der Waals surface area (Å²) in [4.78, 5) is 3.32. The molecule has 0 aliphatic rings. The van der Waals surface area contributed by atoms with Gasteiger partial charge < -0.3 is 10.3 Å². The fourth-order valence-electron chi connectivity index (χ4n) is 2.44. The van der Waals surface area contributed by atoms with Crippen LogP contribution in [0.25, 0.3) is 10.9 Å². The van der Waals surface area contributed by atoms with Crippen molar-refractivity contribution < 1.29 is 0 Å². The van der Waals surface area contributed by atoms with E-state index < -0.39 is 0 Å². The predicted octanol–water partition coefficient (Wildman–Crippen LogP) is 4.68. The summed E-state index contributed by atoms with van der Waals surface area (Å²) in [6, 6.07) is 16.9. The molecule has 0 radical (unpaired) electrons. The molecular formula is C17H18BrClN2. The van der Waals surface area contributed by atoms with Crippen molar-refractivity contribution >= 4 is 39.2 Å². The third-order valence-electron chi connectivity index (χ3n) is 3.46. The number of nitrogens with one attached hydrogen (secondary N) is 2. The maximum atomic E-state index is 3.50. The lowest BCUT2D eigenvalue weighted by Crippen LogP contribution is -2.16. The van der Waals surface area contributed by atoms with Crippen molar-refractivity contribution in [2.24, 2.45) is 0 Å². The van der Waals surface area contributed by atoms with E-state index in [9.17, 15) is 0 Å². The Balaban J connectivity index is 0.00000161. The van der Waals surface area contributed by atoms with Crippen molar-refractivity contribution in [3.8, 4) is 0 Å². The summed E-state index contributed by atoms with van der Waals surface area (Å²) in [6.45, 7) is 1.89. The first kappa shape index (κ1) is 16.1. The van der Waals surface area contributed by atoms with E-state index in [1.54, 1.807) is 0 Å². The minimum absolute atomic E-state index is 0. The minimum Gasteiger partial charge on any atom is -0.361 e. The number of hydrogen-bond acceptors (Lipinski definition) is 1. The van der Waals surface area contributed by atoms with Gasteiger partial charge in [-0.25, -0.2) is 0 Å². The number of halogens is 2. The number of aromatic amines is 1. The van der Waals surface area contributed by atoms with Gasteiger partial charge in [-0.1, -0.05) is 46.3 Å². The van der Waals surface area contributed by atoms with Crippen LogP contribution in [0.5, 0.6) is 0 Å². The van der Waals surface area contributed by atoms with Gasteiger partial charge in [-0.15, -0.1) is 12.4 Å². The van der Waals surface area contributed by atoms with Crippen LogP contribution in [0, 0.1) is 0 Å². The van der Waals surface area contributed by atoms with Crippen molar-refractivity contribution in [2.45, 2.75) is 13.0 Å². The monoisotopic (exact) mass is 364 g/mol. The highest BCUT2D eigenvalue weighted by Gasteiger charge is 2.02. The van der Waals surface area contributed by atoms with Crippen LogP contribution >= 0.6 is 28.3 Å². The van der Waals surface area contributed by atoms with E-state index >= 15 is 0 Å². The van der Waals surface area contributed by atoms with Crippen LogP contribution in [-0.2, 0) is 13.0 Å². The van der Waals surface area contributed by atoms with Gasteiger partial charge in [0.2, 0.25) is 0 Å². The SMILES string of the molecule is Brc1cccc(CNCCc2c[nH]c3ccccc23)c1.Cl. The van der Waals surface area contributed by atoms with Gasteiger partial charge in [0.15, 0.2) is 0 Å². The van der Waals surface area contributed by atoms with Crippen LogP contribution < -0.4 is 5.32 Å². The summed E-state index contributed by atoms with van der Waals surface area (Å²) in [6.07, 6.45) is 3.16. The molecule has 21 heavy (non-hydrogen) atoms. The molecule has 0 bridgehead atoms. The number of fused-ring (bicyclic) bond motifs is 1. The Kier molecular flexibility index (Phi) is 5.85. The van der Waals surface area contributed by atoms with Crippen LogP contribution in [0.2, 0.25) is 0 Å². The Morgan fingerprint density at radius 1 is 1.05 bits per heavy atom. The first-order chi connectivity index (χ1) is 9.83.